The molecule has 0 aliphatic carbocycles. The molecule has 0 radical (unpaired) electrons. The average Bonchev–Trinajstić information content (AvgIpc) is 3.03. The van der Waals surface area contributed by atoms with Gasteiger partial charge in [0.15, 0.2) is 0 Å². The van der Waals surface area contributed by atoms with Gasteiger partial charge in [0.25, 0.3) is 0 Å². The van der Waals surface area contributed by atoms with Crippen LogP contribution in [-0.2, 0) is 19.1 Å². The van der Waals surface area contributed by atoms with Crippen molar-refractivity contribution in [3.8, 4) is 0 Å². The molecular formula is C43H68O9. The van der Waals surface area contributed by atoms with Crippen molar-refractivity contribution in [2.75, 3.05) is 0 Å². The Balaban J connectivity index is 2.79. The van der Waals surface area contributed by atoms with Gasteiger partial charge in [0.05, 0.1) is 30.5 Å². The fourth-order valence-electron chi connectivity index (χ4n) is 6.18. The molecule has 0 aromatic heterocycles. The molecule has 1 aliphatic rings. The molecule has 0 fully saturated rings. The quantitative estimate of drug-likeness (QED) is 0.0455. The minimum absolute atomic E-state index is 0.0633. The second-order valence-corrected chi connectivity index (χ2v) is 15.1. The minimum Gasteiger partial charge on any atom is -0.462 e. The maximum atomic E-state index is 12.9. The summed E-state index contributed by atoms with van der Waals surface area (Å²) >= 11 is 0. The van der Waals surface area contributed by atoms with Crippen LogP contribution in [0.15, 0.2) is 83.1 Å². The Kier molecular flexibility index (Phi) is 22.6. The molecule has 1 aliphatic heterocycles. The van der Waals surface area contributed by atoms with Gasteiger partial charge in [-0.2, -0.15) is 0 Å². The molecule has 9 heteroatoms. The zero-order valence-electron chi connectivity index (χ0n) is 33.1. The van der Waals surface area contributed by atoms with E-state index in [2.05, 4.69) is 19.9 Å². The lowest BCUT2D eigenvalue weighted by Crippen LogP contribution is -2.27. The van der Waals surface area contributed by atoms with Crippen LogP contribution in [0.2, 0.25) is 0 Å². The second-order valence-electron chi connectivity index (χ2n) is 15.1. The number of hydrogen-bond donors (Lipinski definition) is 5. The largest absolute Gasteiger partial charge is 0.462 e. The van der Waals surface area contributed by atoms with E-state index in [0.29, 0.717) is 25.7 Å². The van der Waals surface area contributed by atoms with Crippen molar-refractivity contribution in [2.24, 2.45) is 17.8 Å². The first-order chi connectivity index (χ1) is 24.4. The molecule has 1 rings (SSSR count). The van der Waals surface area contributed by atoms with E-state index in [1.807, 2.05) is 71.1 Å². The number of esters is 2. The first-order valence-corrected chi connectivity index (χ1v) is 18.9. The van der Waals surface area contributed by atoms with Crippen LogP contribution in [0.25, 0.3) is 0 Å². The zero-order chi connectivity index (χ0) is 39.4. The third kappa shape index (κ3) is 20.8. The number of allylic oxidation sites excluding steroid dienone is 10. The van der Waals surface area contributed by atoms with Crippen molar-refractivity contribution >= 4 is 11.9 Å². The fraction of sp³-hybridized carbons (Fsp3) is 0.628. The number of rotatable bonds is 17. The molecule has 0 aromatic rings. The predicted octanol–water partition coefficient (Wildman–Crippen LogP) is 7.15. The number of carbonyl (C=O) groups is 2. The van der Waals surface area contributed by atoms with Crippen molar-refractivity contribution < 1.29 is 44.6 Å². The van der Waals surface area contributed by atoms with E-state index in [1.54, 1.807) is 26.0 Å². The molecule has 0 amide bonds. The molecule has 294 valence electrons. The van der Waals surface area contributed by atoms with Gasteiger partial charge in [0.2, 0.25) is 0 Å². The second kappa shape index (κ2) is 25.0. The summed E-state index contributed by atoms with van der Waals surface area (Å²) in [4.78, 5) is 25.7. The van der Waals surface area contributed by atoms with Crippen molar-refractivity contribution in [2.45, 2.75) is 156 Å². The minimum atomic E-state index is -1.07. The third-order valence-electron chi connectivity index (χ3n) is 9.18. The Morgan fingerprint density at radius 3 is 2.15 bits per heavy atom. The van der Waals surface area contributed by atoms with Crippen LogP contribution in [-0.4, -0.2) is 80.2 Å². The van der Waals surface area contributed by atoms with Gasteiger partial charge in [-0.1, -0.05) is 97.7 Å². The summed E-state index contributed by atoms with van der Waals surface area (Å²) in [7, 11) is 0. The summed E-state index contributed by atoms with van der Waals surface area (Å²) in [5, 5.41) is 49.4. The number of hydrogen-bond acceptors (Lipinski definition) is 9. The lowest BCUT2D eigenvalue weighted by molar-refractivity contribution is -0.151. The van der Waals surface area contributed by atoms with E-state index in [9.17, 15) is 35.1 Å². The highest BCUT2D eigenvalue weighted by Gasteiger charge is 2.25. The van der Waals surface area contributed by atoms with E-state index < -0.39 is 36.5 Å². The summed E-state index contributed by atoms with van der Waals surface area (Å²) in [5.74, 6) is -0.652. The number of cyclic esters (lactones) is 1. The number of aliphatic hydroxyl groups is 5. The van der Waals surface area contributed by atoms with Gasteiger partial charge in [0, 0.05) is 31.3 Å². The fourth-order valence-corrected chi connectivity index (χ4v) is 6.18. The predicted molar refractivity (Wildman–Crippen MR) is 208 cm³/mol. The van der Waals surface area contributed by atoms with Gasteiger partial charge in [-0.05, 0) is 85.5 Å². The molecule has 9 nitrogen and oxygen atoms in total. The summed E-state index contributed by atoms with van der Waals surface area (Å²) in [6.07, 6.45) is 17.5. The molecular weight excluding hydrogens is 660 g/mol. The van der Waals surface area contributed by atoms with Crippen LogP contribution in [0.3, 0.4) is 0 Å². The first kappa shape index (κ1) is 46.9. The van der Waals surface area contributed by atoms with Crippen LogP contribution in [0.1, 0.15) is 114 Å². The van der Waals surface area contributed by atoms with E-state index in [0.717, 1.165) is 35.1 Å². The van der Waals surface area contributed by atoms with Crippen LogP contribution in [0.5, 0.6) is 0 Å². The highest BCUT2D eigenvalue weighted by atomic mass is 16.5. The molecule has 1 heterocycles. The monoisotopic (exact) mass is 728 g/mol. The maximum absolute atomic E-state index is 12.9. The van der Waals surface area contributed by atoms with E-state index in [4.69, 9.17) is 9.47 Å². The Morgan fingerprint density at radius 2 is 1.50 bits per heavy atom. The van der Waals surface area contributed by atoms with Gasteiger partial charge in [-0.3, -0.25) is 4.79 Å². The molecule has 52 heavy (non-hydrogen) atoms. The lowest BCUT2D eigenvalue weighted by Gasteiger charge is -2.26. The molecule has 0 spiro atoms. The van der Waals surface area contributed by atoms with Gasteiger partial charge in [-0.25, -0.2) is 4.79 Å². The Morgan fingerprint density at radius 1 is 0.865 bits per heavy atom. The van der Waals surface area contributed by atoms with E-state index >= 15 is 0 Å². The lowest BCUT2D eigenvalue weighted by atomic mass is 9.90. The van der Waals surface area contributed by atoms with E-state index in [-0.39, 0.29) is 48.8 Å². The molecule has 0 bridgehead atoms. The van der Waals surface area contributed by atoms with Crippen molar-refractivity contribution in [1.29, 1.82) is 0 Å². The van der Waals surface area contributed by atoms with Gasteiger partial charge >= 0.3 is 11.9 Å². The van der Waals surface area contributed by atoms with E-state index in [1.165, 1.54) is 6.08 Å². The Hall–Kier alpha value is -3.08. The molecule has 0 aromatic carbocycles. The third-order valence-corrected chi connectivity index (χ3v) is 9.18. The number of ether oxygens (including phenoxy) is 2. The van der Waals surface area contributed by atoms with Crippen LogP contribution >= 0.6 is 0 Å². The highest BCUT2D eigenvalue weighted by Crippen LogP contribution is 2.26. The van der Waals surface area contributed by atoms with Gasteiger partial charge < -0.3 is 35.0 Å². The number of aliphatic hydroxyl groups excluding tert-OH is 5. The maximum Gasteiger partial charge on any atom is 0.331 e. The molecule has 10 atom stereocenters. The smallest absolute Gasteiger partial charge is 0.331 e. The molecule has 0 unspecified atom stereocenters. The normalized spacial score (nSPS) is 25.3. The van der Waals surface area contributed by atoms with Crippen molar-refractivity contribution in [3.05, 3.63) is 83.1 Å². The number of carbonyl (C=O) groups excluding carboxylic acids is 2. The highest BCUT2D eigenvalue weighted by molar-refractivity contribution is 5.82. The summed E-state index contributed by atoms with van der Waals surface area (Å²) in [5.41, 5.74) is 3.68. The van der Waals surface area contributed by atoms with Gasteiger partial charge in [0.1, 0.15) is 12.2 Å². The summed E-state index contributed by atoms with van der Waals surface area (Å²) in [6.45, 7) is 17.0. The Labute approximate surface area is 313 Å². The first-order valence-electron chi connectivity index (χ1n) is 18.9. The SMILES string of the molecule is CC(=C\C=C\C(C)=C\[C@@H](O)[C@H](O)C[C@@H](C)O)/C=C(C)/C=C/C(=O)O[C@H]1CCCC(=O)O[C@@H]([C@@H](C)C/C(C)=C/[C@@H](C)[C@H](O)C[C@@H](C)O)C/C=C/C[C@@H]1C. The van der Waals surface area contributed by atoms with Crippen LogP contribution < -0.4 is 0 Å². The zero-order valence-corrected chi connectivity index (χ0v) is 33.1. The molecule has 0 saturated carbocycles. The summed E-state index contributed by atoms with van der Waals surface area (Å²) in [6, 6.07) is 0. The standard InChI is InChI=1S/C43H68O9/c1-28(14-12-15-29(2)25-38(47)39(48)27-36(9)45)22-30(3)20-21-43(50)51-40-18-13-19-42(49)52-41(17-11-10-16-32(40)5)34(7)24-31(4)23-33(6)37(46)26-35(8)44/h10-12,14-15,20-23,25,32-41,44-48H,13,16-19,24,26-27H2,1-9H3/b11-10+,15-12+,21-20+,28-14+,29-25+,30-22+,31-23+/t32-,33+,34-,35+,36+,37+,38+,39+,40-,41+/m0/s1. The molecule has 5 N–H and O–H groups in total. The average molecular weight is 729 g/mol. The topological polar surface area (TPSA) is 154 Å². The van der Waals surface area contributed by atoms with Crippen LogP contribution in [0.4, 0.5) is 0 Å². The molecule has 0 saturated heterocycles. The van der Waals surface area contributed by atoms with Crippen molar-refractivity contribution in [3.63, 3.8) is 0 Å². The van der Waals surface area contributed by atoms with Gasteiger partial charge in [-0.15, -0.1) is 0 Å². The summed E-state index contributed by atoms with van der Waals surface area (Å²) < 4.78 is 11.8. The Bertz CT molecular complexity index is 1300. The van der Waals surface area contributed by atoms with Crippen molar-refractivity contribution in [1.82, 2.24) is 0 Å². The van der Waals surface area contributed by atoms with Crippen LogP contribution in [0, 0.1) is 17.8 Å².